The van der Waals surface area contributed by atoms with E-state index in [1.807, 2.05) is 30.9 Å². The zero-order valence-electron chi connectivity index (χ0n) is 13.7. The van der Waals surface area contributed by atoms with Crippen molar-refractivity contribution in [3.8, 4) is 6.07 Å². The van der Waals surface area contributed by atoms with Crippen LogP contribution in [0, 0.1) is 25.2 Å². The van der Waals surface area contributed by atoms with E-state index in [1.54, 1.807) is 6.07 Å². The summed E-state index contributed by atoms with van der Waals surface area (Å²) in [5, 5.41) is 9.03. The van der Waals surface area contributed by atoms with Crippen molar-refractivity contribution in [3.63, 3.8) is 0 Å². The highest BCUT2D eigenvalue weighted by molar-refractivity contribution is 9.10. The largest absolute Gasteiger partial charge is 0.315 e. The number of fused-ring (bicyclic) bond motifs is 1. The Kier molecular flexibility index (Phi) is 4.97. The molecule has 2 heterocycles. The molecule has 0 saturated carbocycles. The third-order valence-electron chi connectivity index (χ3n) is 4.21. The van der Waals surface area contributed by atoms with Crippen molar-refractivity contribution >= 4 is 54.3 Å². The van der Waals surface area contributed by atoms with Gasteiger partial charge in [0.1, 0.15) is 6.42 Å². The van der Waals surface area contributed by atoms with Gasteiger partial charge in [-0.1, -0.05) is 27.7 Å². The Hall–Kier alpha value is -1.37. The molecule has 0 radical (unpaired) electrons. The van der Waals surface area contributed by atoms with Crippen LogP contribution in [0.1, 0.15) is 17.5 Å². The molecule has 0 aliphatic carbocycles. The Balaban J connectivity index is 2.11. The fraction of sp³-hybridized carbons (Fsp3) is 0.438. The molecule has 0 bridgehead atoms. The number of halogens is 1. The van der Waals surface area contributed by atoms with Gasteiger partial charge in [-0.25, -0.2) is 8.42 Å². The van der Waals surface area contributed by atoms with Gasteiger partial charge in [0.05, 0.1) is 23.6 Å². The average Bonchev–Trinajstić information content (AvgIpc) is 2.91. The third-order valence-corrected chi connectivity index (χ3v) is 7.88. The Bertz CT molecular complexity index is 898. The molecule has 2 aliphatic heterocycles. The number of sulfone groups is 1. The molecule has 0 spiro atoms. The summed E-state index contributed by atoms with van der Waals surface area (Å²) in [5.74, 6) is -0.380. The first kappa shape index (κ1) is 18.4. The van der Waals surface area contributed by atoms with E-state index in [0.717, 1.165) is 21.3 Å². The van der Waals surface area contributed by atoms with E-state index in [4.69, 9.17) is 5.26 Å². The lowest BCUT2D eigenvalue weighted by Gasteiger charge is -2.28. The summed E-state index contributed by atoms with van der Waals surface area (Å²) in [6.07, 6.45) is -0.288. The van der Waals surface area contributed by atoms with Crippen molar-refractivity contribution in [2.24, 2.45) is 4.99 Å². The summed E-state index contributed by atoms with van der Waals surface area (Å²) in [7, 11) is -3.11. The van der Waals surface area contributed by atoms with Crippen LogP contribution >= 0.6 is 27.7 Å². The number of hydrogen-bond donors (Lipinski definition) is 0. The first-order chi connectivity index (χ1) is 11.7. The third kappa shape index (κ3) is 3.61. The SMILES string of the molecule is Cc1cc(Br)cc(C)c1N1C(=NC(=O)CC#N)SC2CS(=O)(=O)CC21. The summed E-state index contributed by atoms with van der Waals surface area (Å²) in [6, 6.07) is 5.47. The number of nitriles is 1. The van der Waals surface area contributed by atoms with Crippen LogP contribution in [0.2, 0.25) is 0 Å². The molecule has 2 saturated heterocycles. The van der Waals surface area contributed by atoms with E-state index in [1.165, 1.54) is 11.8 Å². The summed E-state index contributed by atoms with van der Waals surface area (Å²) in [4.78, 5) is 17.8. The first-order valence-electron chi connectivity index (χ1n) is 7.63. The quantitative estimate of drug-likeness (QED) is 0.700. The van der Waals surface area contributed by atoms with Crippen LogP contribution < -0.4 is 4.90 Å². The Labute approximate surface area is 159 Å². The molecule has 9 heteroatoms. The van der Waals surface area contributed by atoms with E-state index in [9.17, 15) is 13.2 Å². The van der Waals surface area contributed by atoms with Gasteiger partial charge in [-0.2, -0.15) is 10.3 Å². The Morgan fingerprint density at radius 3 is 2.64 bits per heavy atom. The van der Waals surface area contributed by atoms with Crippen LogP contribution in [0.15, 0.2) is 21.6 Å². The Morgan fingerprint density at radius 2 is 2.04 bits per heavy atom. The molecular weight excluding hydrogens is 426 g/mol. The molecule has 25 heavy (non-hydrogen) atoms. The number of amidine groups is 1. The summed E-state index contributed by atoms with van der Waals surface area (Å²) < 4.78 is 25.1. The summed E-state index contributed by atoms with van der Waals surface area (Å²) in [5.41, 5.74) is 2.82. The number of hydrogen-bond acceptors (Lipinski definition) is 5. The number of thioether (sulfide) groups is 1. The monoisotopic (exact) mass is 441 g/mol. The maximum Gasteiger partial charge on any atom is 0.262 e. The first-order valence-corrected chi connectivity index (χ1v) is 11.1. The second-order valence-electron chi connectivity index (χ2n) is 6.18. The van der Waals surface area contributed by atoms with Crippen molar-refractivity contribution in [2.75, 3.05) is 16.4 Å². The molecule has 1 aromatic rings. The molecule has 1 amide bonds. The van der Waals surface area contributed by atoms with Crippen LogP contribution in [0.5, 0.6) is 0 Å². The molecule has 3 rings (SSSR count). The van der Waals surface area contributed by atoms with E-state index < -0.39 is 15.7 Å². The standard InChI is InChI=1S/C16H16BrN3O3S2/c1-9-5-11(17)6-10(2)15(9)20-12-7-25(22,23)8-13(12)24-16(20)19-14(21)3-4-18/h5-6,12-13H,3,7-8H2,1-2H3. The molecule has 132 valence electrons. The van der Waals surface area contributed by atoms with Crippen molar-refractivity contribution < 1.29 is 13.2 Å². The van der Waals surface area contributed by atoms with Crippen molar-refractivity contribution in [2.45, 2.75) is 31.6 Å². The maximum absolute atomic E-state index is 12.1. The summed E-state index contributed by atoms with van der Waals surface area (Å²) in [6.45, 7) is 3.90. The van der Waals surface area contributed by atoms with Crippen LogP contribution in [0.3, 0.4) is 0 Å². The zero-order valence-corrected chi connectivity index (χ0v) is 16.9. The van der Waals surface area contributed by atoms with Crippen LogP contribution in [-0.4, -0.2) is 42.3 Å². The van der Waals surface area contributed by atoms with Crippen molar-refractivity contribution in [3.05, 3.63) is 27.7 Å². The van der Waals surface area contributed by atoms with E-state index in [-0.39, 0.29) is 29.2 Å². The average molecular weight is 442 g/mol. The second kappa shape index (κ2) is 6.74. The van der Waals surface area contributed by atoms with Gasteiger partial charge < -0.3 is 4.90 Å². The highest BCUT2D eigenvalue weighted by Gasteiger charge is 2.50. The topological polar surface area (TPSA) is 90.6 Å². The highest BCUT2D eigenvalue weighted by atomic mass is 79.9. The number of aryl methyl sites for hydroxylation is 2. The lowest BCUT2D eigenvalue weighted by molar-refractivity contribution is -0.116. The molecule has 1 aromatic carbocycles. The number of rotatable bonds is 2. The number of carbonyl (C=O) groups is 1. The minimum absolute atomic E-state index is 0.0467. The van der Waals surface area contributed by atoms with Gasteiger partial charge >= 0.3 is 0 Å². The van der Waals surface area contributed by atoms with Gasteiger partial charge in [0, 0.05) is 15.4 Å². The summed E-state index contributed by atoms with van der Waals surface area (Å²) >= 11 is 4.78. The lowest BCUT2D eigenvalue weighted by atomic mass is 10.1. The molecular formula is C16H16BrN3O3S2. The molecule has 0 N–H and O–H groups in total. The fourth-order valence-corrected chi connectivity index (χ4v) is 7.93. The predicted molar refractivity (Wildman–Crippen MR) is 103 cm³/mol. The highest BCUT2D eigenvalue weighted by Crippen LogP contribution is 2.43. The predicted octanol–water partition coefficient (Wildman–Crippen LogP) is 2.58. The van der Waals surface area contributed by atoms with Crippen molar-refractivity contribution in [1.82, 2.24) is 0 Å². The van der Waals surface area contributed by atoms with Crippen molar-refractivity contribution in [1.29, 1.82) is 5.26 Å². The molecule has 6 nitrogen and oxygen atoms in total. The van der Waals surface area contributed by atoms with Gasteiger partial charge in [-0.05, 0) is 37.1 Å². The molecule has 2 unspecified atom stereocenters. The van der Waals surface area contributed by atoms with E-state index in [0.29, 0.717) is 5.17 Å². The van der Waals surface area contributed by atoms with Gasteiger partial charge in [-0.3, -0.25) is 4.79 Å². The van der Waals surface area contributed by atoms with E-state index in [2.05, 4.69) is 20.9 Å². The Morgan fingerprint density at radius 1 is 1.40 bits per heavy atom. The van der Waals surface area contributed by atoms with Gasteiger partial charge in [0.25, 0.3) is 5.91 Å². The zero-order chi connectivity index (χ0) is 18.4. The number of benzene rings is 1. The minimum Gasteiger partial charge on any atom is -0.315 e. The second-order valence-corrected chi connectivity index (χ2v) is 10.5. The lowest BCUT2D eigenvalue weighted by Crippen LogP contribution is -2.38. The minimum atomic E-state index is -3.11. The molecule has 2 fully saturated rings. The fourth-order valence-electron chi connectivity index (χ4n) is 3.32. The molecule has 0 aromatic heterocycles. The maximum atomic E-state index is 12.1. The normalized spacial score (nSPS) is 25.8. The smallest absolute Gasteiger partial charge is 0.262 e. The van der Waals surface area contributed by atoms with Gasteiger partial charge in [-0.15, -0.1) is 0 Å². The number of amides is 1. The molecule has 2 atom stereocenters. The number of aliphatic imine (C=N–C) groups is 1. The number of anilines is 1. The van der Waals surface area contributed by atoms with Crippen LogP contribution in [-0.2, 0) is 14.6 Å². The number of carbonyl (C=O) groups excluding carboxylic acids is 1. The van der Waals surface area contributed by atoms with E-state index >= 15 is 0 Å². The van der Waals surface area contributed by atoms with Crippen LogP contribution in [0.4, 0.5) is 5.69 Å². The van der Waals surface area contributed by atoms with Gasteiger partial charge in [0.15, 0.2) is 15.0 Å². The number of nitrogens with zero attached hydrogens (tertiary/aromatic N) is 3. The van der Waals surface area contributed by atoms with Crippen LogP contribution in [0.25, 0.3) is 0 Å². The molecule has 2 aliphatic rings. The van der Waals surface area contributed by atoms with Gasteiger partial charge in [0.2, 0.25) is 0 Å².